The zero-order valence-corrected chi connectivity index (χ0v) is 17.4. The molecule has 5 nitrogen and oxygen atoms in total. The van der Waals surface area contributed by atoms with Crippen LogP contribution in [0, 0.1) is 11.6 Å². The third kappa shape index (κ3) is 3.94. The maximum atomic E-state index is 13.5. The minimum Gasteiger partial charge on any atom is -0.369 e. The molecule has 0 radical (unpaired) electrons. The predicted molar refractivity (Wildman–Crippen MR) is 122 cm³/mol. The van der Waals surface area contributed by atoms with Crippen LogP contribution in [0.2, 0.25) is 0 Å². The van der Waals surface area contributed by atoms with Crippen LogP contribution in [0.5, 0.6) is 0 Å². The van der Waals surface area contributed by atoms with Gasteiger partial charge in [0, 0.05) is 54.8 Å². The van der Waals surface area contributed by atoms with Crippen LogP contribution in [0.4, 0.5) is 8.78 Å². The summed E-state index contributed by atoms with van der Waals surface area (Å²) in [6.45, 7) is 7.84. The van der Waals surface area contributed by atoms with Crippen molar-refractivity contribution in [3.8, 4) is 22.5 Å². The lowest BCUT2D eigenvalue weighted by atomic mass is 10.0. The second-order valence-corrected chi connectivity index (χ2v) is 7.69. The highest BCUT2D eigenvalue weighted by molar-refractivity contribution is 5.85. The summed E-state index contributed by atoms with van der Waals surface area (Å²) in [5, 5.41) is 3.33. The standard InChI is InChI=1S/C25H21F2N5/c1-16(32-12-10-28-11-13-32)19-14-22-25(29-15-19)31-24(18-4-8-21(27)9-5-18)23(30-22)17-2-6-20(26)7-3-17/h2-9,14-15,28H,1,10-13H2. The number of pyridine rings is 1. The Kier molecular flexibility index (Phi) is 5.33. The largest absolute Gasteiger partial charge is 0.369 e. The number of piperazine rings is 1. The highest BCUT2D eigenvalue weighted by atomic mass is 19.1. The number of nitrogens with zero attached hydrogens (tertiary/aromatic N) is 4. The Morgan fingerprint density at radius 1 is 0.844 bits per heavy atom. The average Bonchev–Trinajstić information content (AvgIpc) is 2.84. The van der Waals surface area contributed by atoms with E-state index in [9.17, 15) is 8.78 Å². The van der Waals surface area contributed by atoms with Crippen molar-refractivity contribution in [2.45, 2.75) is 0 Å². The lowest BCUT2D eigenvalue weighted by Crippen LogP contribution is -2.42. The van der Waals surface area contributed by atoms with E-state index in [2.05, 4.69) is 21.8 Å². The summed E-state index contributed by atoms with van der Waals surface area (Å²) in [7, 11) is 0. The third-order valence-corrected chi connectivity index (χ3v) is 5.59. The van der Waals surface area contributed by atoms with Gasteiger partial charge < -0.3 is 10.2 Å². The second-order valence-electron chi connectivity index (χ2n) is 7.69. The first kappa shape index (κ1) is 20.2. The van der Waals surface area contributed by atoms with E-state index in [1.165, 1.54) is 24.3 Å². The highest BCUT2D eigenvalue weighted by Crippen LogP contribution is 2.31. The molecule has 3 heterocycles. The summed E-state index contributed by atoms with van der Waals surface area (Å²) in [5.74, 6) is -0.665. The Hall–Kier alpha value is -3.71. The SMILES string of the molecule is C=C(c1cnc2nc(-c3ccc(F)cc3)c(-c3ccc(F)cc3)nc2c1)N1CCNCC1. The molecule has 0 atom stereocenters. The molecule has 5 rings (SSSR count). The van der Waals surface area contributed by atoms with Crippen molar-refractivity contribution < 1.29 is 8.78 Å². The highest BCUT2D eigenvalue weighted by Gasteiger charge is 2.17. The van der Waals surface area contributed by atoms with E-state index in [0.717, 1.165) is 37.4 Å². The summed E-state index contributed by atoms with van der Waals surface area (Å²) in [6.07, 6.45) is 1.76. The molecule has 7 heteroatoms. The Balaban J connectivity index is 1.64. The van der Waals surface area contributed by atoms with Gasteiger partial charge in [-0.05, 0) is 54.6 Å². The number of hydrogen-bond donors (Lipinski definition) is 1. The topological polar surface area (TPSA) is 53.9 Å². The van der Waals surface area contributed by atoms with Crippen molar-refractivity contribution in [3.05, 3.63) is 84.6 Å². The molecule has 0 aliphatic carbocycles. The van der Waals surface area contributed by atoms with Crippen LogP contribution >= 0.6 is 0 Å². The first-order chi connectivity index (χ1) is 15.6. The molecule has 0 unspecified atom stereocenters. The molecule has 1 fully saturated rings. The maximum Gasteiger partial charge on any atom is 0.178 e. The van der Waals surface area contributed by atoms with E-state index in [0.29, 0.717) is 33.7 Å². The molecule has 0 saturated carbocycles. The number of fused-ring (bicyclic) bond motifs is 1. The first-order valence-corrected chi connectivity index (χ1v) is 10.4. The fourth-order valence-electron chi connectivity index (χ4n) is 3.84. The van der Waals surface area contributed by atoms with Gasteiger partial charge in [-0.2, -0.15) is 0 Å². The Labute approximate surface area is 184 Å². The molecule has 1 aliphatic rings. The first-order valence-electron chi connectivity index (χ1n) is 10.4. The second kappa shape index (κ2) is 8.43. The van der Waals surface area contributed by atoms with Crippen molar-refractivity contribution in [1.29, 1.82) is 0 Å². The van der Waals surface area contributed by atoms with Crippen LogP contribution < -0.4 is 5.32 Å². The van der Waals surface area contributed by atoms with Crippen LogP contribution in [-0.4, -0.2) is 46.0 Å². The van der Waals surface area contributed by atoms with Crippen LogP contribution in [0.1, 0.15) is 5.56 Å². The van der Waals surface area contributed by atoms with Crippen LogP contribution in [0.15, 0.2) is 67.4 Å². The van der Waals surface area contributed by atoms with Crippen molar-refractivity contribution >= 4 is 16.9 Å². The molecule has 2 aromatic heterocycles. The molecule has 4 aromatic rings. The number of nitrogens with one attached hydrogen (secondary N) is 1. The Morgan fingerprint density at radius 2 is 1.41 bits per heavy atom. The lowest BCUT2D eigenvalue weighted by molar-refractivity contribution is 0.341. The molecule has 1 aliphatic heterocycles. The third-order valence-electron chi connectivity index (χ3n) is 5.59. The van der Waals surface area contributed by atoms with Gasteiger partial charge in [-0.1, -0.05) is 6.58 Å². The van der Waals surface area contributed by atoms with Gasteiger partial charge in [0.2, 0.25) is 0 Å². The number of aromatic nitrogens is 3. The summed E-state index contributed by atoms with van der Waals surface area (Å²) >= 11 is 0. The summed E-state index contributed by atoms with van der Waals surface area (Å²) in [4.78, 5) is 16.4. The summed E-state index contributed by atoms with van der Waals surface area (Å²) in [5.41, 5.74) is 5.43. The number of hydrogen-bond acceptors (Lipinski definition) is 5. The molecule has 160 valence electrons. The fourth-order valence-corrected chi connectivity index (χ4v) is 3.84. The molecule has 0 spiro atoms. The molecular formula is C25H21F2N5. The molecule has 1 saturated heterocycles. The van der Waals surface area contributed by atoms with Crippen molar-refractivity contribution in [3.63, 3.8) is 0 Å². The van der Waals surface area contributed by atoms with E-state index < -0.39 is 0 Å². The summed E-state index contributed by atoms with van der Waals surface area (Å²) in [6, 6.07) is 14.1. The van der Waals surface area contributed by atoms with Crippen molar-refractivity contribution in [1.82, 2.24) is 25.2 Å². The van der Waals surface area contributed by atoms with Gasteiger partial charge in [-0.25, -0.2) is 23.7 Å². The van der Waals surface area contributed by atoms with Crippen molar-refractivity contribution in [2.24, 2.45) is 0 Å². The van der Waals surface area contributed by atoms with Gasteiger partial charge in [0.15, 0.2) is 5.65 Å². The number of benzene rings is 2. The molecule has 1 N–H and O–H groups in total. The molecule has 32 heavy (non-hydrogen) atoms. The van der Waals surface area contributed by atoms with Gasteiger partial charge in [0.05, 0.1) is 11.4 Å². The Bertz CT molecular complexity index is 1280. The van der Waals surface area contributed by atoms with Crippen LogP contribution in [0.3, 0.4) is 0 Å². The van der Waals surface area contributed by atoms with Gasteiger partial charge in [0.1, 0.15) is 17.2 Å². The molecule has 0 bridgehead atoms. The monoisotopic (exact) mass is 429 g/mol. The van der Waals surface area contributed by atoms with E-state index in [1.807, 2.05) is 6.07 Å². The van der Waals surface area contributed by atoms with Gasteiger partial charge in [-0.15, -0.1) is 0 Å². The smallest absolute Gasteiger partial charge is 0.178 e. The molecule has 2 aromatic carbocycles. The normalized spacial score (nSPS) is 14.0. The fraction of sp³-hybridized carbons (Fsp3) is 0.160. The molecule has 0 amide bonds. The van der Waals surface area contributed by atoms with Gasteiger partial charge in [0.25, 0.3) is 0 Å². The van der Waals surface area contributed by atoms with Crippen LogP contribution in [-0.2, 0) is 0 Å². The minimum absolute atomic E-state index is 0.331. The number of rotatable bonds is 4. The van der Waals surface area contributed by atoms with Gasteiger partial charge in [-0.3, -0.25) is 0 Å². The van der Waals surface area contributed by atoms with Crippen molar-refractivity contribution in [2.75, 3.05) is 26.2 Å². The van der Waals surface area contributed by atoms with Crippen LogP contribution in [0.25, 0.3) is 39.4 Å². The van der Waals surface area contributed by atoms with Gasteiger partial charge >= 0.3 is 0 Å². The zero-order valence-electron chi connectivity index (χ0n) is 17.4. The van der Waals surface area contributed by atoms with E-state index in [-0.39, 0.29) is 11.6 Å². The average molecular weight is 429 g/mol. The Morgan fingerprint density at radius 3 is 2.00 bits per heavy atom. The number of halogens is 2. The summed E-state index contributed by atoms with van der Waals surface area (Å²) < 4.78 is 27.0. The minimum atomic E-state index is -0.333. The van der Waals surface area contributed by atoms with E-state index in [4.69, 9.17) is 9.97 Å². The van der Waals surface area contributed by atoms with E-state index in [1.54, 1.807) is 30.5 Å². The lowest BCUT2D eigenvalue weighted by Gasteiger charge is -2.31. The van der Waals surface area contributed by atoms with E-state index >= 15 is 0 Å². The zero-order chi connectivity index (χ0) is 22.1. The molecular weight excluding hydrogens is 408 g/mol. The maximum absolute atomic E-state index is 13.5. The quantitative estimate of drug-likeness (QED) is 0.517. The predicted octanol–water partition coefficient (Wildman–Crippen LogP) is 4.51.